The maximum absolute atomic E-state index is 13.6. The van der Waals surface area contributed by atoms with Crippen molar-refractivity contribution in [2.75, 3.05) is 18.6 Å². The Balaban J connectivity index is 3.11. The van der Waals surface area contributed by atoms with Gasteiger partial charge in [0, 0.05) is 12.3 Å². The highest BCUT2D eigenvalue weighted by Crippen LogP contribution is 2.32. The lowest BCUT2D eigenvalue weighted by Gasteiger charge is -2.19. The van der Waals surface area contributed by atoms with Gasteiger partial charge >= 0.3 is 6.18 Å². The van der Waals surface area contributed by atoms with Gasteiger partial charge in [0.2, 0.25) is 0 Å². The van der Waals surface area contributed by atoms with Crippen molar-refractivity contribution in [3.05, 3.63) is 35.1 Å². The number of rotatable bonds is 6. The summed E-state index contributed by atoms with van der Waals surface area (Å²) in [6, 6.07) is 1.73. The van der Waals surface area contributed by atoms with Crippen LogP contribution in [0.3, 0.4) is 0 Å². The van der Waals surface area contributed by atoms with Gasteiger partial charge in [0.25, 0.3) is 0 Å². The van der Waals surface area contributed by atoms with E-state index < -0.39 is 33.4 Å². The summed E-state index contributed by atoms with van der Waals surface area (Å²) in [4.78, 5) is 0. The Morgan fingerprint density at radius 1 is 1.29 bits per heavy atom. The fourth-order valence-corrected chi connectivity index (χ4v) is 2.79. The molecule has 0 spiro atoms. The third kappa shape index (κ3) is 5.62. The molecule has 0 aliphatic heterocycles. The first-order chi connectivity index (χ1) is 9.54. The minimum atomic E-state index is -4.77. The Morgan fingerprint density at radius 3 is 2.33 bits per heavy atom. The molecule has 3 nitrogen and oxygen atoms in total. The van der Waals surface area contributed by atoms with Crippen LogP contribution in [0.2, 0.25) is 0 Å². The number of nitrogens with one attached hydrogen (secondary N) is 1. The smallest absolute Gasteiger partial charge is 0.309 e. The largest absolute Gasteiger partial charge is 0.419 e. The lowest BCUT2D eigenvalue weighted by atomic mass is 10.0. The van der Waals surface area contributed by atoms with Gasteiger partial charge in [-0.2, -0.15) is 13.2 Å². The Morgan fingerprint density at radius 2 is 1.90 bits per heavy atom. The number of alkyl halides is 3. The van der Waals surface area contributed by atoms with Crippen LogP contribution in [0.25, 0.3) is 0 Å². The molecule has 0 saturated heterocycles. The number of hydrogen-bond acceptors (Lipinski definition) is 3. The van der Waals surface area contributed by atoms with E-state index in [-0.39, 0.29) is 11.3 Å². The van der Waals surface area contributed by atoms with Crippen LogP contribution < -0.4 is 5.32 Å². The molecule has 0 heterocycles. The minimum Gasteiger partial charge on any atom is -0.309 e. The quantitative estimate of drug-likeness (QED) is 0.817. The van der Waals surface area contributed by atoms with Crippen LogP contribution in [0.15, 0.2) is 18.2 Å². The van der Waals surface area contributed by atoms with E-state index in [0.29, 0.717) is 19.0 Å². The zero-order valence-corrected chi connectivity index (χ0v) is 12.5. The van der Waals surface area contributed by atoms with Crippen LogP contribution in [0, 0.1) is 5.82 Å². The summed E-state index contributed by atoms with van der Waals surface area (Å²) in [6.07, 6.45) is -3.04. The number of sulfone groups is 1. The summed E-state index contributed by atoms with van der Waals surface area (Å²) in [5, 5.41) is 2.90. The molecular weight excluding hydrogens is 310 g/mol. The number of hydrogen-bond donors (Lipinski definition) is 1. The zero-order chi connectivity index (χ0) is 16.3. The number of halogens is 4. The van der Waals surface area contributed by atoms with Crippen LogP contribution in [0.4, 0.5) is 17.6 Å². The van der Waals surface area contributed by atoms with Crippen LogP contribution in [-0.2, 0) is 16.0 Å². The predicted octanol–water partition coefficient (Wildman–Crippen LogP) is 2.93. The van der Waals surface area contributed by atoms with Crippen LogP contribution in [0.1, 0.15) is 30.5 Å². The highest BCUT2D eigenvalue weighted by atomic mass is 32.2. The van der Waals surface area contributed by atoms with E-state index in [9.17, 15) is 26.0 Å². The molecule has 1 N–H and O–H groups in total. The molecule has 0 fully saturated rings. The molecule has 1 atom stereocenters. The van der Waals surface area contributed by atoms with E-state index in [0.717, 1.165) is 18.4 Å². The van der Waals surface area contributed by atoms with Crippen molar-refractivity contribution in [1.82, 2.24) is 5.32 Å². The second-order valence-corrected chi connectivity index (χ2v) is 7.02. The van der Waals surface area contributed by atoms with Gasteiger partial charge in [0.1, 0.15) is 15.7 Å². The van der Waals surface area contributed by atoms with Gasteiger partial charge in [0.05, 0.1) is 11.3 Å². The van der Waals surface area contributed by atoms with E-state index in [4.69, 9.17) is 0 Å². The molecule has 1 rings (SSSR count). The number of benzene rings is 1. The molecule has 0 radical (unpaired) electrons. The Labute approximate surface area is 121 Å². The van der Waals surface area contributed by atoms with Crippen molar-refractivity contribution >= 4 is 9.84 Å². The summed E-state index contributed by atoms with van der Waals surface area (Å²) < 4.78 is 73.8. The fraction of sp³-hybridized carbons (Fsp3) is 0.538. The van der Waals surface area contributed by atoms with Gasteiger partial charge in [-0.15, -0.1) is 0 Å². The van der Waals surface area contributed by atoms with E-state index in [2.05, 4.69) is 5.32 Å². The molecule has 0 bridgehead atoms. The summed E-state index contributed by atoms with van der Waals surface area (Å²) in [7, 11) is -3.36. The van der Waals surface area contributed by atoms with Crippen molar-refractivity contribution in [3.63, 3.8) is 0 Å². The lowest BCUT2D eigenvalue weighted by molar-refractivity contribution is -0.140. The highest BCUT2D eigenvalue weighted by Gasteiger charge is 2.34. The third-order valence-corrected chi connectivity index (χ3v) is 3.75. The van der Waals surface area contributed by atoms with E-state index >= 15 is 0 Å². The van der Waals surface area contributed by atoms with Gasteiger partial charge < -0.3 is 5.32 Å². The van der Waals surface area contributed by atoms with Crippen molar-refractivity contribution in [1.29, 1.82) is 0 Å². The normalized spacial score (nSPS) is 14.2. The molecular formula is C13H17F4NO2S. The Kier molecular flexibility index (Phi) is 5.75. The molecule has 0 amide bonds. The summed E-state index contributed by atoms with van der Waals surface area (Å²) in [6.45, 7) is 2.33. The van der Waals surface area contributed by atoms with Crippen molar-refractivity contribution in [2.24, 2.45) is 0 Å². The van der Waals surface area contributed by atoms with Crippen molar-refractivity contribution in [2.45, 2.75) is 25.6 Å². The second kappa shape index (κ2) is 6.74. The minimum absolute atomic E-state index is 0.180. The van der Waals surface area contributed by atoms with Gasteiger partial charge in [-0.25, -0.2) is 12.8 Å². The van der Waals surface area contributed by atoms with Gasteiger partial charge in [-0.05, 0) is 30.7 Å². The maximum Gasteiger partial charge on any atom is 0.419 e. The average Bonchev–Trinajstić information content (AvgIpc) is 2.31. The standard InChI is InChI=1S/C13H17F4NO2S/c1-3-6-18-12(8-21(2,19)20)9-4-5-10(11(14)7-9)13(15,16)17/h4-5,7,12,18H,3,6,8H2,1-2H3. The first kappa shape index (κ1) is 17.9. The first-order valence-corrected chi connectivity index (χ1v) is 8.38. The predicted molar refractivity (Wildman–Crippen MR) is 72.1 cm³/mol. The summed E-state index contributed by atoms with van der Waals surface area (Å²) >= 11 is 0. The van der Waals surface area contributed by atoms with E-state index in [1.165, 1.54) is 0 Å². The molecule has 0 aliphatic rings. The van der Waals surface area contributed by atoms with Crippen molar-refractivity contribution < 1.29 is 26.0 Å². The lowest BCUT2D eigenvalue weighted by Crippen LogP contribution is -2.28. The Bertz CT molecular complexity index is 584. The summed E-state index contributed by atoms with van der Waals surface area (Å²) in [5.41, 5.74) is -1.18. The molecule has 1 unspecified atom stereocenters. The van der Waals surface area contributed by atoms with Gasteiger partial charge in [-0.1, -0.05) is 13.0 Å². The maximum atomic E-state index is 13.6. The molecule has 8 heteroatoms. The van der Waals surface area contributed by atoms with Crippen molar-refractivity contribution in [3.8, 4) is 0 Å². The summed E-state index contributed by atoms with van der Waals surface area (Å²) in [5.74, 6) is -1.71. The molecule has 21 heavy (non-hydrogen) atoms. The van der Waals surface area contributed by atoms with E-state index in [1.54, 1.807) is 0 Å². The van der Waals surface area contributed by atoms with Gasteiger partial charge in [0.15, 0.2) is 0 Å². The highest BCUT2D eigenvalue weighted by molar-refractivity contribution is 7.90. The van der Waals surface area contributed by atoms with Gasteiger partial charge in [-0.3, -0.25) is 0 Å². The van der Waals surface area contributed by atoms with Crippen LogP contribution in [-0.4, -0.2) is 27.0 Å². The monoisotopic (exact) mass is 327 g/mol. The fourth-order valence-electron chi connectivity index (χ4n) is 1.87. The van der Waals surface area contributed by atoms with Crippen LogP contribution >= 0.6 is 0 Å². The topological polar surface area (TPSA) is 46.2 Å². The molecule has 1 aromatic rings. The first-order valence-electron chi connectivity index (χ1n) is 6.32. The average molecular weight is 327 g/mol. The molecule has 1 aromatic carbocycles. The molecule has 0 saturated carbocycles. The second-order valence-electron chi connectivity index (χ2n) is 4.84. The zero-order valence-electron chi connectivity index (χ0n) is 11.7. The third-order valence-electron chi connectivity index (χ3n) is 2.81. The van der Waals surface area contributed by atoms with E-state index in [1.807, 2.05) is 6.92 Å². The molecule has 0 aromatic heterocycles. The Hall–Kier alpha value is -1.15. The van der Waals surface area contributed by atoms with Crippen LogP contribution in [0.5, 0.6) is 0 Å². The molecule has 120 valence electrons. The SMILES string of the molecule is CCCNC(CS(C)(=O)=O)c1ccc(C(F)(F)F)c(F)c1. The molecule has 0 aliphatic carbocycles.